The van der Waals surface area contributed by atoms with Crippen LogP contribution in [0.2, 0.25) is 0 Å². The van der Waals surface area contributed by atoms with E-state index in [1.807, 2.05) is 6.07 Å². The maximum absolute atomic E-state index is 11.1. The summed E-state index contributed by atoms with van der Waals surface area (Å²) in [5, 5.41) is 11.8. The Hall–Kier alpha value is -2.21. The lowest BCUT2D eigenvalue weighted by Crippen LogP contribution is -2.46. The molecule has 0 unspecified atom stereocenters. The largest absolute Gasteiger partial charge is 0.367 e. The Morgan fingerprint density at radius 1 is 1.24 bits per heavy atom. The van der Waals surface area contributed by atoms with Crippen LogP contribution in [0.4, 0.5) is 11.4 Å². The van der Waals surface area contributed by atoms with Crippen LogP contribution in [0, 0.1) is 10.1 Å². The first-order valence-corrected chi connectivity index (χ1v) is 7.20. The highest BCUT2D eigenvalue weighted by atomic mass is 16.6. The second-order valence-corrected chi connectivity index (χ2v) is 5.18. The lowest BCUT2D eigenvalue weighted by atomic mass is 10.1. The lowest BCUT2D eigenvalue weighted by molar-refractivity contribution is -0.383. The molecule has 2 heterocycles. The van der Waals surface area contributed by atoms with Gasteiger partial charge in [0.2, 0.25) is 0 Å². The molecule has 0 N–H and O–H groups in total. The third-order valence-corrected chi connectivity index (χ3v) is 4.08. The van der Waals surface area contributed by atoms with Gasteiger partial charge in [0.25, 0.3) is 5.69 Å². The van der Waals surface area contributed by atoms with Crippen molar-refractivity contribution in [3.8, 4) is 0 Å². The van der Waals surface area contributed by atoms with Crippen molar-refractivity contribution in [3.63, 3.8) is 0 Å². The summed E-state index contributed by atoms with van der Waals surface area (Å²) < 4.78 is 0. The molecule has 0 spiro atoms. The van der Waals surface area contributed by atoms with E-state index in [0.717, 1.165) is 43.9 Å². The summed E-state index contributed by atoms with van der Waals surface area (Å²) in [6.07, 6.45) is 1.69. The van der Waals surface area contributed by atoms with E-state index in [9.17, 15) is 10.1 Å². The van der Waals surface area contributed by atoms with Crippen LogP contribution in [0.15, 0.2) is 30.5 Å². The summed E-state index contributed by atoms with van der Waals surface area (Å²) in [4.78, 5) is 19.8. The van der Waals surface area contributed by atoms with E-state index >= 15 is 0 Å². The number of rotatable bonds is 3. The molecule has 6 nitrogen and oxygen atoms in total. The number of nitro groups is 1. The van der Waals surface area contributed by atoms with Gasteiger partial charge in [0, 0.05) is 38.4 Å². The monoisotopic (exact) mass is 286 g/mol. The number of fused-ring (bicyclic) bond motifs is 1. The second-order valence-electron chi connectivity index (χ2n) is 5.18. The standard InChI is InChI=1S/C15H18N4O2/c1-2-17-8-10-18(11-9-17)14-6-5-13(19(20)21)12-4-3-7-16-15(12)14/h3-7H,2,8-11H2,1H3. The molecule has 3 rings (SSSR count). The Kier molecular flexibility index (Phi) is 3.70. The molecule has 110 valence electrons. The Morgan fingerprint density at radius 3 is 2.67 bits per heavy atom. The van der Waals surface area contributed by atoms with Crippen LogP contribution in [-0.2, 0) is 0 Å². The van der Waals surface area contributed by atoms with Crippen LogP contribution in [0.3, 0.4) is 0 Å². The van der Waals surface area contributed by atoms with Crippen LogP contribution in [0.1, 0.15) is 6.92 Å². The summed E-state index contributed by atoms with van der Waals surface area (Å²) in [7, 11) is 0. The minimum Gasteiger partial charge on any atom is -0.367 e. The van der Waals surface area contributed by atoms with Crippen molar-refractivity contribution in [2.75, 3.05) is 37.6 Å². The molecule has 21 heavy (non-hydrogen) atoms. The zero-order valence-corrected chi connectivity index (χ0v) is 12.0. The van der Waals surface area contributed by atoms with Gasteiger partial charge in [-0.15, -0.1) is 0 Å². The molecular formula is C15H18N4O2. The summed E-state index contributed by atoms with van der Waals surface area (Å²) in [5.41, 5.74) is 1.83. The van der Waals surface area contributed by atoms with Gasteiger partial charge < -0.3 is 9.80 Å². The summed E-state index contributed by atoms with van der Waals surface area (Å²) in [6.45, 7) is 7.11. The van der Waals surface area contributed by atoms with Crippen LogP contribution in [0.5, 0.6) is 0 Å². The number of hydrogen-bond donors (Lipinski definition) is 0. The second kappa shape index (κ2) is 5.65. The van der Waals surface area contributed by atoms with Gasteiger partial charge in [-0.2, -0.15) is 0 Å². The molecular weight excluding hydrogens is 268 g/mol. The third kappa shape index (κ3) is 2.54. The van der Waals surface area contributed by atoms with Gasteiger partial charge in [0.1, 0.15) is 5.52 Å². The van der Waals surface area contributed by atoms with E-state index in [1.54, 1.807) is 24.4 Å². The van der Waals surface area contributed by atoms with Gasteiger partial charge in [0.15, 0.2) is 0 Å². The van der Waals surface area contributed by atoms with Gasteiger partial charge in [-0.1, -0.05) is 6.92 Å². The molecule has 1 aromatic heterocycles. The maximum atomic E-state index is 11.1. The van der Waals surface area contributed by atoms with Crippen LogP contribution >= 0.6 is 0 Å². The van der Waals surface area contributed by atoms with E-state index in [0.29, 0.717) is 5.39 Å². The highest BCUT2D eigenvalue weighted by molar-refractivity contribution is 5.97. The van der Waals surface area contributed by atoms with Crippen molar-refractivity contribution in [3.05, 3.63) is 40.6 Å². The number of nitrogens with zero attached hydrogens (tertiary/aromatic N) is 4. The number of piperazine rings is 1. The Balaban J connectivity index is 2.00. The first kappa shape index (κ1) is 13.8. The molecule has 0 bridgehead atoms. The van der Waals surface area contributed by atoms with E-state index in [2.05, 4.69) is 21.7 Å². The minimum absolute atomic E-state index is 0.119. The predicted octanol–water partition coefficient (Wildman–Crippen LogP) is 2.28. The number of anilines is 1. The number of benzene rings is 1. The molecule has 0 atom stereocenters. The molecule has 0 aliphatic carbocycles. The lowest BCUT2D eigenvalue weighted by Gasteiger charge is -2.35. The van der Waals surface area contributed by atoms with Gasteiger partial charge >= 0.3 is 0 Å². The Labute approximate surface area is 123 Å². The smallest absolute Gasteiger partial charge is 0.278 e. The number of pyridine rings is 1. The molecule has 6 heteroatoms. The van der Waals surface area contributed by atoms with Gasteiger partial charge in [-0.25, -0.2) is 0 Å². The van der Waals surface area contributed by atoms with Crippen molar-refractivity contribution in [2.45, 2.75) is 6.92 Å². The topological polar surface area (TPSA) is 62.5 Å². The summed E-state index contributed by atoms with van der Waals surface area (Å²) in [6, 6.07) is 6.93. The number of hydrogen-bond acceptors (Lipinski definition) is 5. The first-order valence-electron chi connectivity index (χ1n) is 7.20. The summed E-state index contributed by atoms with van der Waals surface area (Å²) in [5.74, 6) is 0. The van der Waals surface area contributed by atoms with Crippen LogP contribution < -0.4 is 4.90 Å². The van der Waals surface area contributed by atoms with Crippen LogP contribution in [-0.4, -0.2) is 47.5 Å². The zero-order chi connectivity index (χ0) is 14.8. The van der Waals surface area contributed by atoms with E-state index in [-0.39, 0.29) is 10.6 Å². The fourth-order valence-corrected chi connectivity index (χ4v) is 2.86. The number of likely N-dealkylation sites (N-methyl/N-ethyl adjacent to an activating group) is 1. The van der Waals surface area contributed by atoms with Crippen LogP contribution in [0.25, 0.3) is 10.9 Å². The van der Waals surface area contributed by atoms with Crippen molar-refractivity contribution < 1.29 is 4.92 Å². The van der Waals surface area contributed by atoms with Gasteiger partial charge in [-0.3, -0.25) is 15.1 Å². The Bertz CT molecular complexity index is 666. The average Bonchev–Trinajstić information content (AvgIpc) is 2.54. The molecule has 0 saturated carbocycles. The third-order valence-electron chi connectivity index (χ3n) is 4.08. The predicted molar refractivity (Wildman–Crippen MR) is 82.7 cm³/mol. The quantitative estimate of drug-likeness (QED) is 0.640. The zero-order valence-electron chi connectivity index (χ0n) is 12.0. The van der Waals surface area contributed by atoms with Gasteiger partial charge in [-0.05, 0) is 24.7 Å². The van der Waals surface area contributed by atoms with Crippen molar-refractivity contribution >= 4 is 22.3 Å². The van der Waals surface area contributed by atoms with E-state index in [1.165, 1.54) is 0 Å². The minimum atomic E-state index is -0.344. The fourth-order valence-electron chi connectivity index (χ4n) is 2.86. The molecule has 1 aromatic carbocycles. The highest BCUT2D eigenvalue weighted by Crippen LogP contribution is 2.32. The SMILES string of the molecule is CCN1CCN(c2ccc([N+](=O)[O-])c3cccnc23)CC1. The molecule has 0 amide bonds. The van der Waals surface area contributed by atoms with Crippen molar-refractivity contribution in [1.82, 2.24) is 9.88 Å². The molecule has 1 fully saturated rings. The maximum Gasteiger partial charge on any atom is 0.278 e. The first-order chi connectivity index (χ1) is 10.2. The highest BCUT2D eigenvalue weighted by Gasteiger charge is 2.21. The molecule has 0 radical (unpaired) electrons. The van der Waals surface area contributed by atoms with Crippen molar-refractivity contribution in [2.24, 2.45) is 0 Å². The summed E-state index contributed by atoms with van der Waals surface area (Å²) >= 11 is 0. The number of nitro benzene ring substituents is 1. The van der Waals surface area contributed by atoms with Gasteiger partial charge in [0.05, 0.1) is 16.0 Å². The molecule has 1 aliphatic heterocycles. The number of aromatic nitrogens is 1. The van der Waals surface area contributed by atoms with E-state index in [4.69, 9.17) is 0 Å². The molecule has 1 saturated heterocycles. The fraction of sp³-hybridized carbons (Fsp3) is 0.400. The normalized spacial score (nSPS) is 16.3. The van der Waals surface area contributed by atoms with E-state index < -0.39 is 0 Å². The number of non-ortho nitro benzene ring substituents is 1. The van der Waals surface area contributed by atoms with Crippen molar-refractivity contribution in [1.29, 1.82) is 0 Å². The molecule has 1 aliphatic rings. The molecule has 2 aromatic rings. The Morgan fingerprint density at radius 2 is 2.00 bits per heavy atom. The average molecular weight is 286 g/mol.